The van der Waals surface area contributed by atoms with E-state index in [-0.39, 0.29) is 102 Å². The van der Waals surface area contributed by atoms with Crippen LogP contribution in [0.3, 0.4) is 0 Å². The molecule has 0 bridgehead atoms. The third-order valence-electron chi connectivity index (χ3n) is 21.4. The number of rotatable bonds is 38. The fourth-order valence-electron chi connectivity index (χ4n) is 15.4. The van der Waals surface area contributed by atoms with Crippen molar-refractivity contribution in [2.45, 2.75) is 231 Å². The molecule has 3 N–H and O–H groups in total. The summed E-state index contributed by atoms with van der Waals surface area (Å²) in [6, 6.07) is 18.8. The van der Waals surface area contributed by atoms with E-state index < -0.39 is 35.9 Å². The van der Waals surface area contributed by atoms with Crippen molar-refractivity contribution in [2.24, 2.45) is 47.3 Å². The smallest absolute Gasteiger partial charge is 0.407 e. The normalized spacial score (nSPS) is 19.4. The van der Waals surface area contributed by atoms with Crippen LogP contribution in [0.2, 0.25) is 0 Å². The number of benzene rings is 2. The van der Waals surface area contributed by atoms with Crippen molar-refractivity contribution < 1.29 is 57.5 Å². The van der Waals surface area contributed by atoms with Crippen LogP contribution in [0.5, 0.6) is 0 Å². The van der Waals surface area contributed by atoms with Crippen molar-refractivity contribution in [1.29, 1.82) is 0 Å². The van der Waals surface area contributed by atoms with Gasteiger partial charge < -0.3 is 35.4 Å². The second kappa shape index (κ2) is 43.8. The van der Waals surface area contributed by atoms with Crippen molar-refractivity contribution in [3.8, 4) is 0 Å². The first-order valence-electron chi connectivity index (χ1n) is 39.8. The molecular weight excluding hydrogens is 1350 g/mol. The van der Waals surface area contributed by atoms with Crippen molar-refractivity contribution in [1.82, 2.24) is 35.6 Å². The maximum absolute atomic E-state index is 14.2. The van der Waals surface area contributed by atoms with Crippen LogP contribution in [0.25, 0.3) is 0 Å². The van der Waals surface area contributed by atoms with Gasteiger partial charge in [0, 0.05) is 128 Å². The minimum Gasteiger partial charge on any atom is -0.450 e. The van der Waals surface area contributed by atoms with Crippen LogP contribution in [0.15, 0.2) is 130 Å². The summed E-state index contributed by atoms with van der Waals surface area (Å²) in [4.78, 5) is 154. The molecule has 107 heavy (non-hydrogen) atoms. The first-order valence-corrected chi connectivity index (χ1v) is 39.8. The minimum atomic E-state index is -0.615. The van der Waals surface area contributed by atoms with Gasteiger partial charge in [0.25, 0.3) is 0 Å². The lowest BCUT2D eigenvalue weighted by atomic mass is 9.84. The maximum atomic E-state index is 14.2. The molecule has 7 rings (SSSR count). The summed E-state index contributed by atoms with van der Waals surface area (Å²) in [5.41, 5.74) is 5.63. The zero-order valence-corrected chi connectivity index (χ0v) is 67.2. The number of ketones is 6. The van der Waals surface area contributed by atoms with Gasteiger partial charge in [0.05, 0.1) is 30.5 Å². The number of hydrogen-bond donors (Lipinski definition) is 3. The third kappa shape index (κ3) is 27.9. The van der Waals surface area contributed by atoms with Crippen LogP contribution in [0, 0.1) is 47.3 Å². The number of alkyl carbamates (subject to hydrolysis) is 1. The van der Waals surface area contributed by atoms with Gasteiger partial charge in [-0.05, 0) is 200 Å². The number of likely N-dealkylation sites (tertiary alicyclic amines) is 2. The summed E-state index contributed by atoms with van der Waals surface area (Å²) in [5, 5.41) is 8.69. The van der Waals surface area contributed by atoms with Crippen molar-refractivity contribution in [3.63, 3.8) is 0 Å². The highest BCUT2D eigenvalue weighted by Crippen LogP contribution is 2.32. The molecule has 19 nitrogen and oxygen atoms in total. The quantitative estimate of drug-likeness (QED) is 0.0322. The molecule has 2 aromatic rings. The lowest BCUT2D eigenvalue weighted by Gasteiger charge is -2.35. The van der Waals surface area contributed by atoms with Crippen LogP contribution in [-0.4, -0.2) is 174 Å². The molecule has 586 valence electrons. The number of piperazine rings is 1. The largest absolute Gasteiger partial charge is 0.450 e. The number of carbonyl (C=O) groups excluding carboxylic acids is 11. The first-order chi connectivity index (χ1) is 50.8. The van der Waals surface area contributed by atoms with Gasteiger partial charge in [-0.3, -0.25) is 52.8 Å². The number of ether oxygens (including phenoxy) is 1. The zero-order chi connectivity index (χ0) is 78.6. The minimum absolute atomic E-state index is 0.00233. The van der Waals surface area contributed by atoms with Gasteiger partial charge >= 0.3 is 6.09 Å². The molecule has 0 radical (unpaired) electrons. The summed E-state index contributed by atoms with van der Waals surface area (Å²) < 4.78 is 5.30. The molecule has 5 amide bonds. The molecule has 3 fully saturated rings. The van der Waals surface area contributed by atoms with Gasteiger partial charge in [0.15, 0.2) is 34.7 Å². The number of allylic oxidation sites excluding steroid dienone is 9. The molecule has 0 spiro atoms. The van der Waals surface area contributed by atoms with Crippen LogP contribution < -0.4 is 16.0 Å². The molecule has 2 aromatic carbocycles. The highest BCUT2D eigenvalue weighted by Gasteiger charge is 2.40. The zero-order valence-electron chi connectivity index (χ0n) is 67.2. The molecule has 8 atom stereocenters. The number of nitrogens with one attached hydrogen (secondary N) is 3. The third-order valence-corrected chi connectivity index (χ3v) is 21.4. The topological polar surface area (TPSA) is 246 Å². The molecule has 5 aliphatic rings. The fraction of sp³-hybridized carbons (Fsp3) is 0.602. The van der Waals surface area contributed by atoms with E-state index in [0.717, 1.165) is 76.0 Å². The molecule has 0 aromatic heterocycles. The standard InChI is InChI=1S/C44H64N4O5.C44H63N3O7/c1-30(2)25-32(5)17-18-37(26-35-13-9-8-10-14-35)44(53)48-20-12-16-39(48)41(50)27-36(43(52)45-31(3)4)15-11-19-46-21-23-47(24-22-46)29-38-28-40(49)33(6)34(7)42(38)51;1-28(2)25-30(5)20-21-36(26-34-15-10-9-11-16-34)43(52)47-23-13-19-38(47)39(48)27-35(42(51)46-29(3)4)17-12-22-45-44(53)54-24-14-18-37-33(8)40(49)31(6)32(7)41(37)50/h8-10,13-14,17-18,28,30-32,36-37,39H,11-12,15-16,19-27,29H2,1-7H3,(H,45,52);9-11,15-16,20-21,28-30,35-36,38H,12-14,17-19,22-27H2,1-8H3,(H,45,53)(H,46,51)/b18-17+;21-20+/t32-,36-,37-,39+;30-,35-,36-,38+/m11/s1. The van der Waals surface area contributed by atoms with Crippen molar-refractivity contribution in [3.05, 3.63) is 141 Å². The van der Waals surface area contributed by atoms with E-state index in [9.17, 15) is 52.7 Å². The van der Waals surface area contributed by atoms with E-state index in [2.05, 4.69) is 97.7 Å². The van der Waals surface area contributed by atoms with Gasteiger partial charge in [-0.25, -0.2) is 4.79 Å². The van der Waals surface area contributed by atoms with E-state index in [4.69, 9.17) is 4.74 Å². The summed E-state index contributed by atoms with van der Waals surface area (Å²) in [5.74, 6) is -0.928. The predicted octanol–water partition coefficient (Wildman–Crippen LogP) is 13.3. The van der Waals surface area contributed by atoms with Crippen LogP contribution in [0.4, 0.5) is 4.79 Å². The Hall–Kier alpha value is -8.03. The molecule has 3 heterocycles. The monoisotopic (exact) mass is 1470 g/mol. The van der Waals surface area contributed by atoms with Crippen LogP contribution in [-0.2, 0) is 65.5 Å². The van der Waals surface area contributed by atoms with Gasteiger partial charge in [-0.15, -0.1) is 0 Å². The molecule has 2 aliphatic carbocycles. The lowest BCUT2D eigenvalue weighted by molar-refractivity contribution is -0.140. The van der Waals surface area contributed by atoms with Gasteiger partial charge in [0.2, 0.25) is 23.6 Å². The van der Waals surface area contributed by atoms with E-state index in [1.807, 2.05) is 82.3 Å². The Balaban J connectivity index is 0.000000335. The summed E-state index contributed by atoms with van der Waals surface area (Å²) >= 11 is 0. The van der Waals surface area contributed by atoms with Crippen LogP contribution >= 0.6 is 0 Å². The van der Waals surface area contributed by atoms with E-state index in [1.165, 1.54) is 6.08 Å². The second-order valence-electron chi connectivity index (χ2n) is 32.2. The Kier molecular flexibility index (Phi) is 36.0. The maximum Gasteiger partial charge on any atom is 0.407 e. The average molecular weight is 1480 g/mol. The summed E-state index contributed by atoms with van der Waals surface area (Å²) in [6.45, 7) is 35.1. The Morgan fingerprint density at radius 1 is 0.514 bits per heavy atom. The molecule has 0 unspecified atom stereocenters. The highest BCUT2D eigenvalue weighted by atomic mass is 16.5. The predicted molar refractivity (Wildman–Crippen MR) is 423 cm³/mol. The van der Waals surface area contributed by atoms with E-state index >= 15 is 0 Å². The Bertz CT molecular complexity index is 3590. The van der Waals surface area contributed by atoms with E-state index in [0.29, 0.717) is 140 Å². The Labute approximate surface area is 639 Å². The molecular formula is C88H127N7O12. The van der Waals surface area contributed by atoms with Crippen molar-refractivity contribution >= 4 is 64.4 Å². The van der Waals surface area contributed by atoms with Crippen molar-refractivity contribution in [2.75, 3.05) is 65.5 Å². The number of carbonyl (C=O) groups is 11. The number of amides is 5. The average Bonchev–Trinajstić information content (AvgIpc) is 1.13. The lowest BCUT2D eigenvalue weighted by Crippen LogP contribution is -2.48. The number of Topliss-reactive ketones (excluding diaryl/α,β-unsaturated/α-hetero) is 5. The van der Waals surface area contributed by atoms with Crippen LogP contribution in [0.1, 0.15) is 205 Å². The highest BCUT2D eigenvalue weighted by molar-refractivity contribution is 6.24. The molecule has 19 heteroatoms. The number of nitrogens with zero attached hydrogens (tertiary/aromatic N) is 4. The van der Waals surface area contributed by atoms with Gasteiger partial charge in [-0.1, -0.05) is 127 Å². The summed E-state index contributed by atoms with van der Waals surface area (Å²) in [7, 11) is 0. The Morgan fingerprint density at radius 2 is 0.963 bits per heavy atom. The van der Waals surface area contributed by atoms with E-state index in [1.54, 1.807) is 44.4 Å². The van der Waals surface area contributed by atoms with Gasteiger partial charge in [-0.2, -0.15) is 0 Å². The summed E-state index contributed by atoms with van der Waals surface area (Å²) in [6.07, 6.45) is 18.2. The first kappa shape index (κ1) is 87.9. The SMILES string of the molecule is CC1=C(C)C(=O)C(CCCOC(=O)NCCC[C@H](CC(=O)[C@@H]2CCCN2C(=O)[C@H](/C=C/[C@@H](C)CC(C)C)Cc2ccccc2)C(=O)NC(C)C)=C(C)C1=O.CC1=C(C)C(=O)C(CN2CCN(CCC[C@H](CC(=O)[C@@H]3CCCN3C(=O)[C@H](/C=C/[C@@H](C)CC(C)C)Cc3ccccc3)C(=O)NC(C)C)CC2)=CC1=O. The molecule has 0 saturated carbocycles. The number of hydrogen-bond acceptors (Lipinski definition) is 14. The Morgan fingerprint density at radius 3 is 1.43 bits per heavy atom. The second-order valence-corrected chi connectivity index (χ2v) is 32.2. The van der Waals surface area contributed by atoms with Gasteiger partial charge in [0.1, 0.15) is 0 Å². The molecule has 3 saturated heterocycles. The fourth-order valence-corrected chi connectivity index (χ4v) is 15.4. The molecule has 3 aliphatic heterocycles.